The van der Waals surface area contributed by atoms with E-state index in [1.165, 1.54) is 6.92 Å². The Balaban J connectivity index is 1.99. The van der Waals surface area contributed by atoms with Gasteiger partial charge in [-0.1, -0.05) is 41.9 Å². The normalized spacial score (nSPS) is 12.7. The van der Waals surface area contributed by atoms with Crippen LogP contribution < -0.4 is 9.88 Å². The summed E-state index contributed by atoms with van der Waals surface area (Å²) in [5, 5.41) is 7.86. The number of aromatic nitrogens is 3. The molecule has 0 spiro atoms. The molecule has 7 heteroatoms. The molecular formula is C19H17ClN5O+. The first-order valence-electron chi connectivity index (χ1n) is 8.20. The first-order valence-corrected chi connectivity index (χ1v) is 8.58. The number of aryl methyl sites for hydroxylation is 1. The van der Waals surface area contributed by atoms with Crippen LogP contribution in [0.25, 0.3) is 5.69 Å². The molecule has 3 aromatic rings. The van der Waals surface area contributed by atoms with Crippen molar-refractivity contribution in [1.82, 2.24) is 9.78 Å². The Morgan fingerprint density at radius 1 is 1.23 bits per heavy atom. The van der Waals surface area contributed by atoms with E-state index in [-0.39, 0.29) is 5.91 Å². The second-order valence-electron chi connectivity index (χ2n) is 6.07. The van der Waals surface area contributed by atoms with E-state index in [4.69, 9.17) is 16.6 Å². The van der Waals surface area contributed by atoms with Crippen LogP contribution in [0.15, 0.2) is 53.5 Å². The lowest BCUT2D eigenvalue weighted by Crippen LogP contribution is -2.38. The predicted octanol–water partition coefficient (Wildman–Crippen LogP) is 2.66. The van der Waals surface area contributed by atoms with Crippen molar-refractivity contribution >= 4 is 29.2 Å². The highest BCUT2D eigenvalue weighted by Gasteiger charge is 2.30. The molecule has 1 aliphatic rings. The van der Waals surface area contributed by atoms with Crippen molar-refractivity contribution in [2.45, 2.75) is 13.5 Å². The van der Waals surface area contributed by atoms with Gasteiger partial charge in [-0.15, -0.1) is 4.68 Å². The third kappa shape index (κ3) is 2.78. The average Bonchev–Trinajstić information content (AvgIpc) is 2.81. The lowest BCUT2D eigenvalue weighted by atomic mass is 10.0. The van der Waals surface area contributed by atoms with E-state index < -0.39 is 0 Å². The zero-order valence-corrected chi connectivity index (χ0v) is 15.2. The molecule has 0 saturated carbocycles. The first kappa shape index (κ1) is 16.5. The van der Waals surface area contributed by atoms with E-state index in [0.717, 1.165) is 28.4 Å². The Hall–Kier alpha value is -2.99. The summed E-state index contributed by atoms with van der Waals surface area (Å²) in [6.07, 6.45) is 0. The van der Waals surface area contributed by atoms with Crippen molar-refractivity contribution < 1.29 is 9.36 Å². The van der Waals surface area contributed by atoms with Crippen LogP contribution in [-0.2, 0) is 18.4 Å². The van der Waals surface area contributed by atoms with Crippen LogP contribution in [-0.4, -0.2) is 21.4 Å². The highest BCUT2D eigenvalue weighted by molar-refractivity contribution is 6.31. The number of anilines is 1. The number of hydrogen-bond acceptors (Lipinski definition) is 3. The van der Waals surface area contributed by atoms with Gasteiger partial charge in [0.25, 0.3) is 5.91 Å². The first-order chi connectivity index (χ1) is 12.5. The SMILES string of the molecule is CC(=O)Nc1nn(C)c2[n+]1-c1ccc(Cl)cc1C(c1ccccc1)=NC2. The van der Waals surface area contributed by atoms with Crippen molar-refractivity contribution in [1.29, 1.82) is 0 Å². The fourth-order valence-corrected chi connectivity index (χ4v) is 3.32. The van der Waals surface area contributed by atoms with E-state index in [9.17, 15) is 4.79 Å². The van der Waals surface area contributed by atoms with Crippen LogP contribution in [0.4, 0.5) is 5.95 Å². The second kappa shape index (κ2) is 6.38. The molecule has 0 fully saturated rings. The monoisotopic (exact) mass is 366 g/mol. The van der Waals surface area contributed by atoms with E-state index in [0.29, 0.717) is 17.5 Å². The second-order valence-corrected chi connectivity index (χ2v) is 6.51. The van der Waals surface area contributed by atoms with Crippen LogP contribution in [0.3, 0.4) is 0 Å². The van der Waals surface area contributed by atoms with Crippen molar-refractivity contribution in [2.75, 3.05) is 5.32 Å². The minimum Gasteiger partial charge on any atom is -0.274 e. The maximum absolute atomic E-state index is 11.6. The van der Waals surface area contributed by atoms with Gasteiger partial charge in [-0.2, -0.15) is 4.57 Å². The molecule has 0 saturated heterocycles. The minimum atomic E-state index is -0.178. The fraction of sp³-hybridized carbons (Fsp3) is 0.158. The number of rotatable bonds is 2. The molecule has 1 N–H and O–H groups in total. The number of carbonyl (C=O) groups is 1. The van der Waals surface area contributed by atoms with Crippen molar-refractivity contribution in [2.24, 2.45) is 12.0 Å². The molecule has 4 rings (SSSR count). The van der Waals surface area contributed by atoms with Gasteiger partial charge in [-0.05, 0) is 18.2 Å². The van der Waals surface area contributed by atoms with Gasteiger partial charge < -0.3 is 0 Å². The standard InChI is InChI=1S/C19H16ClN5O/c1-12(26)22-19-23-24(2)17-11-21-18(13-6-4-3-5-7-13)15-10-14(20)8-9-16(15)25(17)19/h3-10H,11H2,1-2H3/p+1. The molecule has 1 aromatic heterocycles. The highest BCUT2D eigenvalue weighted by atomic mass is 35.5. The Morgan fingerprint density at radius 3 is 2.73 bits per heavy atom. The molecule has 130 valence electrons. The van der Waals surface area contributed by atoms with Crippen LogP contribution >= 0.6 is 11.6 Å². The van der Waals surface area contributed by atoms with E-state index >= 15 is 0 Å². The molecular weight excluding hydrogens is 350 g/mol. The Kier molecular flexibility index (Phi) is 4.05. The van der Waals surface area contributed by atoms with Gasteiger partial charge >= 0.3 is 5.95 Å². The largest absolute Gasteiger partial charge is 0.389 e. The van der Waals surface area contributed by atoms with Crippen LogP contribution in [0.5, 0.6) is 0 Å². The van der Waals surface area contributed by atoms with Gasteiger partial charge in [0.2, 0.25) is 5.82 Å². The van der Waals surface area contributed by atoms with Crippen LogP contribution in [0.1, 0.15) is 23.9 Å². The highest BCUT2D eigenvalue weighted by Crippen LogP contribution is 2.24. The Morgan fingerprint density at radius 2 is 2.00 bits per heavy atom. The number of carbonyl (C=O) groups excluding carboxylic acids is 1. The third-order valence-electron chi connectivity index (χ3n) is 4.26. The van der Waals surface area contributed by atoms with Gasteiger partial charge in [-0.3, -0.25) is 9.79 Å². The topological polar surface area (TPSA) is 63.2 Å². The van der Waals surface area contributed by atoms with E-state index in [2.05, 4.69) is 10.4 Å². The van der Waals surface area contributed by atoms with Gasteiger partial charge in [-0.25, -0.2) is 5.32 Å². The molecule has 2 aromatic carbocycles. The number of hydrogen-bond donors (Lipinski definition) is 1. The molecule has 1 aliphatic heterocycles. The van der Waals surface area contributed by atoms with Gasteiger partial charge in [0.1, 0.15) is 12.2 Å². The molecule has 0 radical (unpaired) electrons. The minimum absolute atomic E-state index is 0.178. The summed E-state index contributed by atoms with van der Waals surface area (Å²) in [5.74, 6) is 1.15. The van der Waals surface area contributed by atoms with Crippen LogP contribution in [0.2, 0.25) is 5.02 Å². The number of amides is 1. The Bertz CT molecular complexity index is 1040. The number of benzene rings is 2. The van der Waals surface area contributed by atoms with Gasteiger partial charge in [0.15, 0.2) is 0 Å². The van der Waals surface area contributed by atoms with Crippen molar-refractivity contribution in [3.8, 4) is 5.69 Å². The zero-order chi connectivity index (χ0) is 18.3. The summed E-state index contributed by atoms with van der Waals surface area (Å²) >= 11 is 6.28. The lowest BCUT2D eigenvalue weighted by molar-refractivity contribution is -0.590. The molecule has 2 heterocycles. The summed E-state index contributed by atoms with van der Waals surface area (Å²) in [5.41, 5.74) is 3.65. The van der Waals surface area contributed by atoms with Crippen molar-refractivity contribution in [3.63, 3.8) is 0 Å². The quantitative estimate of drug-likeness (QED) is 0.709. The smallest absolute Gasteiger partial charge is 0.274 e. The van der Waals surface area contributed by atoms with E-state index in [1.807, 2.05) is 60.1 Å². The van der Waals surface area contributed by atoms with Crippen molar-refractivity contribution in [3.05, 3.63) is 70.5 Å². The number of fused-ring (bicyclic) bond motifs is 3. The molecule has 0 bridgehead atoms. The molecule has 6 nitrogen and oxygen atoms in total. The maximum Gasteiger partial charge on any atom is 0.389 e. The summed E-state index contributed by atoms with van der Waals surface area (Å²) in [6.45, 7) is 1.90. The summed E-state index contributed by atoms with van der Waals surface area (Å²) < 4.78 is 3.66. The number of aliphatic imine (C=N–C) groups is 1. The summed E-state index contributed by atoms with van der Waals surface area (Å²) in [6, 6.07) is 15.6. The molecule has 0 aliphatic carbocycles. The van der Waals surface area contributed by atoms with Gasteiger partial charge in [0, 0.05) is 28.2 Å². The zero-order valence-electron chi connectivity index (χ0n) is 14.4. The predicted molar refractivity (Wildman–Crippen MR) is 99.8 cm³/mol. The van der Waals surface area contributed by atoms with E-state index in [1.54, 1.807) is 4.68 Å². The lowest BCUT2D eigenvalue weighted by Gasteiger charge is -2.10. The average molecular weight is 367 g/mol. The fourth-order valence-electron chi connectivity index (χ4n) is 3.15. The molecule has 0 atom stereocenters. The molecule has 1 amide bonds. The van der Waals surface area contributed by atoms with Crippen LogP contribution in [0, 0.1) is 0 Å². The summed E-state index contributed by atoms with van der Waals surface area (Å²) in [7, 11) is 1.84. The number of nitrogens with one attached hydrogen (secondary N) is 1. The molecule has 26 heavy (non-hydrogen) atoms. The summed E-state index contributed by atoms with van der Waals surface area (Å²) in [4.78, 5) is 16.5. The van der Waals surface area contributed by atoms with Gasteiger partial charge in [0.05, 0.1) is 12.8 Å². The Labute approximate surface area is 155 Å². The maximum atomic E-state index is 11.6. The third-order valence-corrected chi connectivity index (χ3v) is 4.49. The number of nitrogens with zero attached hydrogens (tertiary/aromatic N) is 4. The molecule has 0 unspecified atom stereocenters. The number of halogens is 1.